The molecule has 0 fully saturated rings. The molecule has 5 aromatic rings. The van der Waals surface area contributed by atoms with Gasteiger partial charge in [-0.05, 0) is 53.2 Å². The van der Waals surface area contributed by atoms with E-state index < -0.39 is 0 Å². The third-order valence-corrected chi connectivity index (χ3v) is 5.47. The number of pyridine rings is 2. The van der Waals surface area contributed by atoms with Gasteiger partial charge in [0.05, 0.1) is 11.2 Å². The average Bonchev–Trinajstić information content (AvgIpc) is 2.82. The molecule has 3 N–H and O–H groups in total. The molecule has 34 heavy (non-hydrogen) atoms. The quantitative estimate of drug-likeness (QED) is 0.344. The van der Waals surface area contributed by atoms with Crippen molar-refractivity contribution in [1.29, 1.82) is 0 Å². The number of anilines is 1. The first-order valence-electron chi connectivity index (χ1n) is 10.4. The molecule has 0 aliphatic heterocycles. The number of phenols is 2. The van der Waals surface area contributed by atoms with Gasteiger partial charge in [-0.2, -0.15) is 0 Å². The Kier molecular flexibility index (Phi) is 5.10. The highest BCUT2D eigenvalue weighted by Gasteiger charge is 2.13. The van der Waals surface area contributed by atoms with Crippen LogP contribution in [-0.2, 0) is 7.05 Å². The number of aryl methyl sites for hydroxylation is 1. The molecule has 0 atom stereocenters. The van der Waals surface area contributed by atoms with E-state index in [2.05, 4.69) is 10.3 Å². The summed E-state index contributed by atoms with van der Waals surface area (Å²) < 4.78 is 7.44. The van der Waals surface area contributed by atoms with Crippen molar-refractivity contribution in [1.82, 2.24) is 9.55 Å². The Hall–Kier alpha value is -4.85. The minimum Gasteiger partial charge on any atom is -0.504 e. The molecule has 5 rings (SSSR count). The molecule has 168 valence electrons. The normalized spacial score (nSPS) is 11.0. The molecule has 0 aliphatic carbocycles. The van der Waals surface area contributed by atoms with Crippen molar-refractivity contribution < 1.29 is 19.7 Å². The van der Waals surface area contributed by atoms with E-state index in [-0.39, 0.29) is 23.0 Å². The number of rotatable bonds is 4. The fourth-order valence-electron chi connectivity index (χ4n) is 3.75. The van der Waals surface area contributed by atoms with E-state index >= 15 is 0 Å². The number of hydrogen-bond acceptors (Lipinski definition) is 6. The zero-order chi connectivity index (χ0) is 23.8. The van der Waals surface area contributed by atoms with Crippen molar-refractivity contribution in [3.8, 4) is 23.0 Å². The third kappa shape index (κ3) is 3.88. The maximum absolute atomic E-state index is 12.9. The topological polar surface area (TPSA) is 114 Å². The highest BCUT2D eigenvalue weighted by molar-refractivity contribution is 6.13. The molecule has 8 nitrogen and oxygen atoms in total. The van der Waals surface area contributed by atoms with Crippen molar-refractivity contribution in [3.63, 3.8) is 0 Å². The molecule has 0 radical (unpaired) electrons. The highest BCUT2D eigenvalue weighted by atomic mass is 16.5. The summed E-state index contributed by atoms with van der Waals surface area (Å²) in [6, 6.07) is 18.1. The predicted molar refractivity (Wildman–Crippen MR) is 129 cm³/mol. The Morgan fingerprint density at radius 3 is 2.62 bits per heavy atom. The second kappa shape index (κ2) is 8.25. The first-order valence-corrected chi connectivity index (χ1v) is 10.4. The van der Waals surface area contributed by atoms with Crippen molar-refractivity contribution in [2.45, 2.75) is 0 Å². The Morgan fingerprint density at radius 1 is 0.971 bits per heavy atom. The summed E-state index contributed by atoms with van der Waals surface area (Å²) in [5.74, 6) is 0.170. The number of carbonyl (C=O) groups excluding carboxylic acids is 1. The summed E-state index contributed by atoms with van der Waals surface area (Å²) in [5.41, 5.74) is 1.31. The first kappa shape index (κ1) is 21.0. The number of nitrogens with one attached hydrogen (secondary N) is 1. The van der Waals surface area contributed by atoms with Gasteiger partial charge in [0, 0.05) is 42.5 Å². The smallest absolute Gasteiger partial charge is 0.256 e. The van der Waals surface area contributed by atoms with Gasteiger partial charge < -0.3 is 24.8 Å². The van der Waals surface area contributed by atoms with E-state index in [9.17, 15) is 19.8 Å². The van der Waals surface area contributed by atoms with Crippen molar-refractivity contribution in [2.24, 2.45) is 7.05 Å². The molecule has 0 saturated carbocycles. The van der Waals surface area contributed by atoms with Crippen LogP contribution in [0.5, 0.6) is 23.0 Å². The molecular weight excluding hydrogens is 434 g/mol. The Bertz CT molecular complexity index is 1640. The summed E-state index contributed by atoms with van der Waals surface area (Å²) in [6.45, 7) is 0. The van der Waals surface area contributed by atoms with Crippen LogP contribution in [0, 0.1) is 0 Å². The minimum atomic E-state index is -0.298. The summed E-state index contributed by atoms with van der Waals surface area (Å²) in [7, 11) is 1.62. The molecule has 0 unspecified atom stereocenters. The number of phenolic OH excluding ortho intramolecular Hbond substituents is 2. The van der Waals surface area contributed by atoms with Crippen LogP contribution in [0.15, 0.2) is 83.9 Å². The molecule has 0 spiro atoms. The summed E-state index contributed by atoms with van der Waals surface area (Å²) in [4.78, 5) is 28.7. The van der Waals surface area contributed by atoms with Gasteiger partial charge in [-0.1, -0.05) is 12.1 Å². The Morgan fingerprint density at radius 2 is 1.79 bits per heavy atom. The predicted octanol–water partition coefficient (Wildman–Crippen LogP) is 4.54. The van der Waals surface area contributed by atoms with E-state index in [0.29, 0.717) is 33.7 Å². The van der Waals surface area contributed by atoms with Crippen LogP contribution in [0.2, 0.25) is 0 Å². The van der Waals surface area contributed by atoms with Gasteiger partial charge in [0.2, 0.25) is 5.56 Å². The second-order valence-electron chi connectivity index (χ2n) is 7.78. The molecule has 0 saturated heterocycles. The van der Waals surface area contributed by atoms with Gasteiger partial charge in [-0.3, -0.25) is 14.6 Å². The summed E-state index contributed by atoms with van der Waals surface area (Å²) in [6.07, 6.45) is 3.12. The van der Waals surface area contributed by atoms with Crippen LogP contribution in [0.25, 0.3) is 21.7 Å². The van der Waals surface area contributed by atoms with Gasteiger partial charge in [-0.15, -0.1) is 0 Å². The van der Waals surface area contributed by atoms with Crippen LogP contribution < -0.4 is 15.6 Å². The Labute approximate surface area is 193 Å². The van der Waals surface area contributed by atoms with Crippen LogP contribution >= 0.6 is 0 Å². The number of aromatic nitrogens is 2. The average molecular weight is 453 g/mol. The Balaban J connectivity index is 1.47. The lowest BCUT2D eigenvalue weighted by atomic mass is 10.0. The van der Waals surface area contributed by atoms with Crippen LogP contribution in [0.1, 0.15) is 10.4 Å². The zero-order valence-electron chi connectivity index (χ0n) is 18.0. The lowest BCUT2D eigenvalue weighted by Crippen LogP contribution is -2.18. The zero-order valence-corrected chi connectivity index (χ0v) is 18.0. The molecule has 0 bridgehead atoms. The maximum Gasteiger partial charge on any atom is 0.256 e. The molecule has 1 amide bonds. The standard InChI is InChI=1S/C26H19N3O5/c1-29-14-16(5-8-25(29)32)28-26(33)19-4-2-3-15-11-17(6-7-18(15)19)34-24-9-10-27-21-13-23(31)22(30)12-20(21)24/h2-14,30-31H,1H3,(H,28,33). The number of nitrogens with zero attached hydrogens (tertiary/aromatic N) is 2. The van der Waals surface area contributed by atoms with Crippen LogP contribution in [0.4, 0.5) is 5.69 Å². The monoisotopic (exact) mass is 453 g/mol. The van der Waals surface area contributed by atoms with Crippen LogP contribution in [0.3, 0.4) is 0 Å². The van der Waals surface area contributed by atoms with Crippen molar-refractivity contribution in [2.75, 3.05) is 5.32 Å². The molecule has 8 heteroatoms. The number of carbonyl (C=O) groups is 1. The van der Waals surface area contributed by atoms with Crippen LogP contribution in [-0.4, -0.2) is 25.7 Å². The van der Waals surface area contributed by atoms with Gasteiger partial charge >= 0.3 is 0 Å². The van der Waals surface area contributed by atoms with Gasteiger partial charge in [-0.25, -0.2) is 0 Å². The highest BCUT2D eigenvalue weighted by Crippen LogP contribution is 2.36. The van der Waals surface area contributed by atoms with E-state index in [4.69, 9.17) is 4.74 Å². The van der Waals surface area contributed by atoms with Gasteiger partial charge in [0.15, 0.2) is 11.5 Å². The number of benzene rings is 3. The molecular formula is C26H19N3O5. The van der Waals surface area contributed by atoms with E-state index in [1.807, 2.05) is 12.1 Å². The summed E-state index contributed by atoms with van der Waals surface area (Å²) in [5, 5.41) is 24.5. The second-order valence-corrected chi connectivity index (χ2v) is 7.78. The minimum absolute atomic E-state index is 0.162. The lowest BCUT2D eigenvalue weighted by molar-refractivity contribution is 0.102. The number of amides is 1. The maximum atomic E-state index is 12.9. The fraction of sp³-hybridized carbons (Fsp3) is 0.0385. The number of aromatic hydroxyl groups is 2. The number of ether oxygens (including phenoxy) is 1. The fourth-order valence-corrected chi connectivity index (χ4v) is 3.75. The van der Waals surface area contributed by atoms with E-state index in [1.165, 1.54) is 22.8 Å². The molecule has 2 heterocycles. The molecule has 2 aromatic heterocycles. The largest absolute Gasteiger partial charge is 0.504 e. The van der Waals surface area contributed by atoms with Gasteiger partial charge in [0.25, 0.3) is 5.91 Å². The SMILES string of the molecule is Cn1cc(NC(=O)c2cccc3cc(Oc4ccnc5cc(O)c(O)cc45)ccc23)ccc1=O. The van der Waals surface area contributed by atoms with Gasteiger partial charge in [0.1, 0.15) is 11.5 Å². The van der Waals surface area contributed by atoms with E-state index in [1.54, 1.807) is 55.8 Å². The summed E-state index contributed by atoms with van der Waals surface area (Å²) >= 11 is 0. The van der Waals surface area contributed by atoms with Crippen molar-refractivity contribution in [3.05, 3.63) is 95.0 Å². The molecule has 0 aliphatic rings. The van der Waals surface area contributed by atoms with Crippen molar-refractivity contribution >= 4 is 33.3 Å². The first-order chi connectivity index (χ1) is 16.4. The number of hydrogen-bond donors (Lipinski definition) is 3. The van der Waals surface area contributed by atoms with E-state index in [0.717, 1.165) is 10.8 Å². The number of fused-ring (bicyclic) bond motifs is 2. The molecule has 3 aromatic carbocycles. The lowest BCUT2D eigenvalue weighted by Gasteiger charge is -2.12. The third-order valence-electron chi connectivity index (χ3n) is 5.47.